The predicted molar refractivity (Wildman–Crippen MR) is 169 cm³/mol. The number of anilines is 1. The third kappa shape index (κ3) is 6.63. The molecule has 2 aliphatic heterocycles. The number of urea groups is 1. The molecule has 5 rings (SSSR count). The fourth-order valence-electron chi connectivity index (χ4n) is 5.54. The number of aliphatic hydroxyl groups excluding tert-OH is 1. The Labute approximate surface area is 270 Å². The summed E-state index contributed by atoms with van der Waals surface area (Å²) in [5.41, 5.74) is 2.62. The van der Waals surface area contributed by atoms with Gasteiger partial charge in [0.25, 0.3) is 0 Å². The van der Waals surface area contributed by atoms with E-state index in [1.165, 1.54) is 32.2 Å². The molecule has 3 aromatic rings. The lowest BCUT2D eigenvalue weighted by Crippen LogP contribution is -2.56. The lowest BCUT2D eigenvalue weighted by molar-refractivity contribution is -0.140. The Morgan fingerprint density at radius 3 is 2.49 bits per heavy atom. The minimum Gasteiger partial charge on any atom is -0.496 e. The van der Waals surface area contributed by atoms with Crippen LogP contribution in [0.5, 0.6) is 5.75 Å². The van der Waals surface area contributed by atoms with Crippen LogP contribution in [0.2, 0.25) is 10.0 Å². The van der Waals surface area contributed by atoms with E-state index in [0.29, 0.717) is 51.6 Å². The van der Waals surface area contributed by atoms with Crippen molar-refractivity contribution in [1.82, 2.24) is 15.1 Å². The summed E-state index contributed by atoms with van der Waals surface area (Å²) in [6, 6.07) is 12.6. The number of imide groups is 1. The molecule has 13 heteroatoms. The second-order valence-corrected chi connectivity index (χ2v) is 11.7. The van der Waals surface area contributed by atoms with Gasteiger partial charge in [0.15, 0.2) is 0 Å². The van der Waals surface area contributed by atoms with E-state index in [0.717, 1.165) is 4.90 Å². The van der Waals surface area contributed by atoms with Crippen molar-refractivity contribution in [1.29, 1.82) is 0 Å². The summed E-state index contributed by atoms with van der Waals surface area (Å²) >= 11 is 13.7. The number of ether oxygens (including phenoxy) is 2. The quantitative estimate of drug-likeness (QED) is 0.298. The molecule has 3 N–H and O–H groups in total. The van der Waals surface area contributed by atoms with E-state index in [1.54, 1.807) is 42.5 Å². The Morgan fingerprint density at radius 1 is 1.09 bits per heavy atom. The van der Waals surface area contributed by atoms with Crippen molar-refractivity contribution in [3.05, 3.63) is 70.0 Å². The number of nitrogens with zero attached hydrogens (tertiary/aromatic N) is 2. The standard InChI is InChI=1S/C32H33Cl2FN4O6/c1-38-15-22(31(42)39(2)32(38)43)30(41)37-25-9-5-8-20(29(25)34)19-7-4-6-18(28(19)33)17-12-23(35)21(27(13-17)44-3)14-36-24-10-11-45-16-26(24)40/h4-9,12-13,22,24,26,36,40H,10-11,14-16H2,1-3H3,(H,37,41)/t22?,24-,26-/m0/s1. The molecule has 1 unspecified atom stereocenters. The number of aliphatic hydroxyl groups is 1. The number of carbonyl (C=O) groups is 3. The second-order valence-electron chi connectivity index (χ2n) is 11.0. The lowest BCUT2D eigenvalue weighted by Gasteiger charge is -2.33. The maximum Gasteiger partial charge on any atom is 0.326 e. The average Bonchev–Trinajstić information content (AvgIpc) is 3.02. The van der Waals surface area contributed by atoms with Crippen LogP contribution in [0.15, 0.2) is 48.5 Å². The topological polar surface area (TPSA) is 120 Å². The van der Waals surface area contributed by atoms with Gasteiger partial charge in [-0.15, -0.1) is 0 Å². The van der Waals surface area contributed by atoms with Crippen molar-refractivity contribution in [2.24, 2.45) is 5.92 Å². The first kappa shape index (κ1) is 32.6. The molecule has 45 heavy (non-hydrogen) atoms. The first-order valence-corrected chi connectivity index (χ1v) is 15.0. The largest absolute Gasteiger partial charge is 0.496 e. The number of amides is 4. The summed E-state index contributed by atoms with van der Waals surface area (Å²) in [5, 5.41) is 16.6. The Hall–Kier alpha value is -3.74. The third-order valence-corrected chi connectivity index (χ3v) is 8.93. The van der Waals surface area contributed by atoms with Crippen LogP contribution in [-0.2, 0) is 20.9 Å². The zero-order valence-corrected chi connectivity index (χ0v) is 26.4. The van der Waals surface area contributed by atoms with Crippen molar-refractivity contribution in [3.63, 3.8) is 0 Å². The Bertz CT molecular complexity index is 1640. The molecule has 0 bridgehead atoms. The molecule has 2 heterocycles. The van der Waals surface area contributed by atoms with Crippen molar-refractivity contribution in [3.8, 4) is 28.0 Å². The van der Waals surface area contributed by atoms with E-state index >= 15 is 4.39 Å². The van der Waals surface area contributed by atoms with Crippen LogP contribution in [0.4, 0.5) is 14.9 Å². The van der Waals surface area contributed by atoms with Gasteiger partial charge in [0.05, 0.1) is 35.6 Å². The zero-order chi connectivity index (χ0) is 32.4. The van der Waals surface area contributed by atoms with Crippen LogP contribution < -0.4 is 15.4 Å². The van der Waals surface area contributed by atoms with Crippen LogP contribution in [0.1, 0.15) is 12.0 Å². The SMILES string of the molecule is COc1cc(-c2cccc(-c3cccc(NC(=O)C4CN(C)C(=O)N(C)C4=O)c3Cl)c2Cl)cc(F)c1CN[C@H]1CCOC[C@@H]1O. The van der Waals surface area contributed by atoms with Crippen molar-refractivity contribution in [2.75, 3.05) is 46.3 Å². The van der Waals surface area contributed by atoms with Gasteiger partial charge in [-0.2, -0.15) is 0 Å². The van der Waals surface area contributed by atoms with Gasteiger partial charge in [-0.05, 0) is 30.2 Å². The molecular formula is C32H33Cl2FN4O6. The summed E-state index contributed by atoms with van der Waals surface area (Å²) in [5.74, 6) is -2.50. The van der Waals surface area contributed by atoms with E-state index in [4.69, 9.17) is 32.7 Å². The molecule has 3 aromatic carbocycles. The third-order valence-electron chi connectivity index (χ3n) is 8.11. The van der Waals surface area contributed by atoms with Gasteiger partial charge < -0.3 is 30.1 Å². The molecule has 0 radical (unpaired) electrons. The van der Waals surface area contributed by atoms with Crippen LogP contribution in [0.25, 0.3) is 22.3 Å². The smallest absolute Gasteiger partial charge is 0.326 e. The molecule has 0 spiro atoms. The van der Waals surface area contributed by atoms with Gasteiger partial charge in [-0.3, -0.25) is 14.5 Å². The fraction of sp³-hybridized carbons (Fsp3) is 0.344. The van der Waals surface area contributed by atoms with E-state index in [1.807, 2.05) is 0 Å². The van der Waals surface area contributed by atoms with Crippen LogP contribution in [-0.4, -0.2) is 85.9 Å². The second kappa shape index (κ2) is 13.7. The van der Waals surface area contributed by atoms with E-state index in [-0.39, 0.29) is 36.4 Å². The van der Waals surface area contributed by atoms with Crippen molar-refractivity contribution >= 4 is 46.7 Å². The summed E-state index contributed by atoms with van der Waals surface area (Å²) in [4.78, 5) is 40.0. The molecule has 0 aliphatic carbocycles. The molecule has 238 valence electrons. The highest BCUT2D eigenvalue weighted by Crippen LogP contribution is 2.42. The van der Waals surface area contributed by atoms with Crippen LogP contribution in [0.3, 0.4) is 0 Å². The van der Waals surface area contributed by atoms with E-state index in [2.05, 4.69) is 10.6 Å². The Balaban J connectivity index is 1.41. The Morgan fingerprint density at radius 2 is 1.78 bits per heavy atom. The first-order valence-electron chi connectivity index (χ1n) is 14.3. The van der Waals surface area contributed by atoms with Crippen LogP contribution >= 0.6 is 23.2 Å². The molecule has 3 atom stereocenters. The summed E-state index contributed by atoms with van der Waals surface area (Å²) in [7, 11) is 4.30. The maximum absolute atomic E-state index is 15.5. The molecular weight excluding hydrogens is 626 g/mol. The summed E-state index contributed by atoms with van der Waals surface area (Å²) in [6.07, 6.45) is -0.0796. The maximum atomic E-state index is 15.5. The molecule has 4 amide bonds. The highest BCUT2D eigenvalue weighted by atomic mass is 35.5. The molecule has 0 saturated carbocycles. The average molecular weight is 660 g/mol. The number of nitrogens with one attached hydrogen (secondary N) is 2. The van der Waals surface area contributed by atoms with Gasteiger partial charge in [-0.25, -0.2) is 9.18 Å². The minimum atomic E-state index is -1.10. The number of carbonyl (C=O) groups excluding carboxylic acids is 3. The Kier molecular flexibility index (Phi) is 9.95. The highest BCUT2D eigenvalue weighted by molar-refractivity contribution is 6.39. The molecule has 0 aromatic heterocycles. The predicted octanol–water partition coefficient (Wildman–Crippen LogP) is 4.79. The lowest BCUT2D eigenvalue weighted by atomic mass is 9.96. The number of hydrogen-bond acceptors (Lipinski definition) is 7. The van der Waals surface area contributed by atoms with Crippen LogP contribution in [0, 0.1) is 11.7 Å². The molecule has 10 nitrogen and oxygen atoms in total. The van der Waals surface area contributed by atoms with Gasteiger partial charge >= 0.3 is 6.03 Å². The van der Waals surface area contributed by atoms with Gasteiger partial charge in [-0.1, -0.05) is 53.5 Å². The number of rotatable bonds is 8. The van der Waals surface area contributed by atoms with E-state index < -0.39 is 35.7 Å². The molecule has 2 fully saturated rings. The highest BCUT2D eigenvalue weighted by Gasteiger charge is 2.39. The van der Waals surface area contributed by atoms with E-state index in [9.17, 15) is 19.5 Å². The van der Waals surface area contributed by atoms with Gasteiger partial charge in [0, 0.05) is 62.1 Å². The molecule has 2 aliphatic rings. The number of methoxy groups -OCH3 is 1. The number of benzene rings is 3. The normalized spacial score (nSPS) is 20.4. The zero-order valence-electron chi connectivity index (χ0n) is 24.9. The van der Waals surface area contributed by atoms with Crippen molar-refractivity contribution < 1.29 is 33.4 Å². The monoisotopic (exact) mass is 658 g/mol. The summed E-state index contributed by atoms with van der Waals surface area (Å²) in [6.45, 7) is 0.820. The fourth-order valence-corrected chi connectivity index (χ4v) is 6.16. The molecule has 2 saturated heterocycles. The first-order chi connectivity index (χ1) is 21.5. The number of halogens is 3. The summed E-state index contributed by atoms with van der Waals surface area (Å²) < 4.78 is 26.3. The number of hydrogen-bond donors (Lipinski definition) is 3. The van der Waals surface area contributed by atoms with Gasteiger partial charge in [0.1, 0.15) is 17.5 Å². The van der Waals surface area contributed by atoms with Gasteiger partial charge in [0.2, 0.25) is 11.8 Å². The minimum absolute atomic E-state index is 0.0641. The van der Waals surface area contributed by atoms with Crippen molar-refractivity contribution in [2.45, 2.75) is 25.1 Å².